The van der Waals surface area contributed by atoms with Crippen LogP contribution in [0.3, 0.4) is 0 Å². The van der Waals surface area contributed by atoms with Gasteiger partial charge in [0, 0.05) is 18.9 Å². The number of carbonyl (C=O) groups is 2. The van der Waals surface area contributed by atoms with Gasteiger partial charge in [0.2, 0.25) is 5.89 Å². The van der Waals surface area contributed by atoms with Gasteiger partial charge in [-0.1, -0.05) is 57.0 Å². The van der Waals surface area contributed by atoms with Gasteiger partial charge in [0.05, 0.1) is 18.1 Å². The van der Waals surface area contributed by atoms with Crippen LogP contribution in [-0.4, -0.2) is 40.7 Å². The Morgan fingerprint density at radius 3 is 2.53 bits per heavy atom. The molecule has 2 fully saturated rings. The summed E-state index contributed by atoms with van der Waals surface area (Å²) in [7, 11) is 0. The van der Waals surface area contributed by atoms with Gasteiger partial charge in [0.15, 0.2) is 5.69 Å². The van der Waals surface area contributed by atoms with Crippen LogP contribution in [-0.2, 0) is 16.0 Å². The van der Waals surface area contributed by atoms with E-state index < -0.39 is 5.97 Å². The highest BCUT2D eigenvalue weighted by molar-refractivity contribution is 5.91. The number of carboxylic acid groups (broad SMARTS) is 1. The Labute approximate surface area is 189 Å². The SMILES string of the molecule is CCC(=O)O.CCCCCNC(=O)c1coc(C2C3CCC(O3)C2Cc2ccccc2)n1. The van der Waals surface area contributed by atoms with Crippen LogP contribution < -0.4 is 5.32 Å². The molecule has 0 spiro atoms. The van der Waals surface area contributed by atoms with Crippen molar-refractivity contribution >= 4 is 11.9 Å². The summed E-state index contributed by atoms with van der Waals surface area (Å²) in [5.41, 5.74) is 1.69. The van der Waals surface area contributed by atoms with Crippen molar-refractivity contribution in [2.24, 2.45) is 5.92 Å². The zero-order valence-corrected chi connectivity index (χ0v) is 19.0. The number of carboxylic acids is 1. The highest BCUT2D eigenvalue weighted by Gasteiger charge is 2.51. The number of hydrogen-bond acceptors (Lipinski definition) is 5. The zero-order chi connectivity index (χ0) is 22.9. The lowest BCUT2D eigenvalue weighted by Gasteiger charge is -2.25. The fourth-order valence-electron chi connectivity index (χ4n) is 4.47. The molecule has 32 heavy (non-hydrogen) atoms. The van der Waals surface area contributed by atoms with Crippen LogP contribution in [0.4, 0.5) is 0 Å². The Balaban J connectivity index is 0.000000523. The number of hydrogen-bond donors (Lipinski definition) is 2. The molecule has 7 nitrogen and oxygen atoms in total. The summed E-state index contributed by atoms with van der Waals surface area (Å²) < 4.78 is 12.0. The first kappa shape index (κ1) is 24.0. The van der Waals surface area contributed by atoms with Crippen LogP contribution in [0.15, 0.2) is 41.0 Å². The maximum Gasteiger partial charge on any atom is 0.303 e. The maximum atomic E-state index is 12.3. The highest BCUT2D eigenvalue weighted by Crippen LogP contribution is 2.49. The van der Waals surface area contributed by atoms with Gasteiger partial charge in [-0.3, -0.25) is 9.59 Å². The summed E-state index contributed by atoms with van der Waals surface area (Å²) >= 11 is 0. The number of nitrogens with one attached hydrogen (secondary N) is 1. The van der Waals surface area contributed by atoms with Gasteiger partial charge in [0.25, 0.3) is 5.91 Å². The number of unbranched alkanes of at least 4 members (excludes halogenated alkanes) is 2. The largest absolute Gasteiger partial charge is 0.481 e. The molecule has 4 atom stereocenters. The lowest BCUT2D eigenvalue weighted by molar-refractivity contribution is -0.136. The third-order valence-corrected chi connectivity index (χ3v) is 6.15. The number of benzene rings is 1. The molecular weight excluding hydrogens is 408 g/mol. The predicted molar refractivity (Wildman–Crippen MR) is 121 cm³/mol. The molecule has 4 rings (SSSR count). The van der Waals surface area contributed by atoms with Crippen LogP contribution in [0.25, 0.3) is 0 Å². The Morgan fingerprint density at radius 2 is 1.84 bits per heavy atom. The van der Waals surface area contributed by atoms with Crippen LogP contribution in [0.5, 0.6) is 0 Å². The number of aliphatic carboxylic acids is 1. The summed E-state index contributed by atoms with van der Waals surface area (Å²) in [6.45, 7) is 4.43. The average Bonchev–Trinajstić information content (AvgIpc) is 3.54. The number of aromatic nitrogens is 1. The van der Waals surface area contributed by atoms with E-state index >= 15 is 0 Å². The van der Waals surface area contributed by atoms with Crippen molar-refractivity contribution in [2.45, 2.75) is 76.9 Å². The molecule has 174 valence electrons. The molecule has 2 aromatic rings. The number of oxazole rings is 1. The van der Waals surface area contributed by atoms with E-state index in [9.17, 15) is 9.59 Å². The maximum absolute atomic E-state index is 12.3. The Morgan fingerprint density at radius 1 is 1.12 bits per heavy atom. The quantitative estimate of drug-likeness (QED) is 0.551. The summed E-state index contributed by atoms with van der Waals surface area (Å²) in [4.78, 5) is 26.2. The molecule has 7 heteroatoms. The van der Waals surface area contributed by atoms with Crippen molar-refractivity contribution in [3.8, 4) is 0 Å². The lowest BCUT2D eigenvalue weighted by atomic mass is 9.76. The predicted octanol–water partition coefficient (Wildman–Crippen LogP) is 4.58. The molecule has 2 aliphatic rings. The Kier molecular flexibility index (Phi) is 8.85. The average molecular weight is 443 g/mol. The topological polar surface area (TPSA) is 102 Å². The molecule has 4 unspecified atom stereocenters. The van der Waals surface area contributed by atoms with Gasteiger partial charge in [-0.15, -0.1) is 0 Å². The van der Waals surface area contributed by atoms with Gasteiger partial charge in [0.1, 0.15) is 6.26 Å². The van der Waals surface area contributed by atoms with Gasteiger partial charge in [-0.05, 0) is 31.2 Å². The number of rotatable bonds is 9. The van der Waals surface area contributed by atoms with E-state index in [2.05, 4.69) is 41.5 Å². The second kappa shape index (κ2) is 11.8. The third-order valence-electron chi connectivity index (χ3n) is 6.15. The van der Waals surface area contributed by atoms with Gasteiger partial charge in [-0.2, -0.15) is 0 Å². The minimum absolute atomic E-state index is 0.130. The number of fused-ring (bicyclic) bond motifs is 2. The molecule has 0 radical (unpaired) electrons. The van der Waals surface area contributed by atoms with Crippen molar-refractivity contribution in [1.82, 2.24) is 10.3 Å². The molecule has 2 aliphatic heterocycles. The number of ether oxygens (including phenoxy) is 1. The van der Waals surface area contributed by atoms with Crippen molar-refractivity contribution in [3.05, 3.63) is 53.7 Å². The molecule has 1 aromatic heterocycles. The second-order valence-corrected chi connectivity index (χ2v) is 8.45. The van der Waals surface area contributed by atoms with Crippen molar-refractivity contribution < 1.29 is 23.8 Å². The summed E-state index contributed by atoms with van der Waals surface area (Å²) in [6.07, 6.45) is 8.48. The van der Waals surface area contributed by atoms with Gasteiger partial charge < -0.3 is 19.6 Å². The molecule has 2 bridgehead atoms. The first-order chi connectivity index (χ1) is 15.5. The van der Waals surface area contributed by atoms with Crippen LogP contribution in [0, 0.1) is 5.92 Å². The number of nitrogens with zero attached hydrogens (tertiary/aromatic N) is 1. The molecule has 2 N–H and O–H groups in total. The Hall–Kier alpha value is -2.67. The molecule has 0 aliphatic carbocycles. The first-order valence-electron chi connectivity index (χ1n) is 11.7. The molecule has 1 aromatic carbocycles. The lowest BCUT2D eigenvalue weighted by Crippen LogP contribution is -2.28. The first-order valence-corrected chi connectivity index (χ1v) is 11.7. The van der Waals surface area contributed by atoms with E-state index in [1.54, 1.807) is 6.92 Å². The fraction of sp³-hybridized carbons (Fsp3) is 0.560. The van der Waals surface area contributed by atoms with E-state index in [-0.39, 0.29) is 30.5 Å². The Bertz CT molecular complexity index is 866. The normalized spacial score (nSPS) is 23.4. The molecule has 1 amide bonds. The van der Waals surface area contributed by atoms with E-state index in [1.165, 1.54) is 11.8 Å². The summed E-state index contributed by atoms with van der Waals surface area (Å²) in [5.74, 6) is 0.243. The zero-order valence-electron chi connectivity index (χ0n) is 19.0. The van der Waals surface area contributed by atoms with E-state index in [0.717, 1.165) is 38.5 Å². The molecule has 0 saturated carbocycles. The highest BCUT2D eigenvalue weighted by atomic mass is 16.5. The van der Waals surface area contributed by atoms with Crippen LogP contribution >= 0.6 is 0 Å². The van der Waals surface area contributed by atoms with Gasteiger partial charge in [-0.25, -0.2) is 4.98 Å². The summed E-state index contributed by atoms with van der Waals surface area (Å²) in [6, 6.07) is 10.5. The minimum atomic E-state index is -0.745. The number of amides is 1. The monoisotopic (exact) mass is 442 g/mol. The molecular formula is C25H34N2O5. The van der Waals surface area contributed by atoms with Crippen molar-refractivity contribution in [2.75, 3.05) is 6.54 Å². The fourth-order valence-corrected chi connectivity index (χ4v) is 4.47. The van der Waals surface area contributed by atoms with E-state index in [1.807, 2.05) is 6.07 Å². The van der Waals surface area contributed by atoms with Gasteiger partial charge >= 0.3 is 5.97 Å². The van der Waals surface area contributed by atoms with E-state index in [0.29, 0.717) is 24.0 Å². The second-order valence-electron chi connectivity index (χ2n) is 8.45. The number of carbonyl (C=O) groups excluding carboxylic acids is 1. The van der Waals surface area contributed by atoms with E-state index in [4.69, 9.17) is 14.3 Å². The van der Waals surface area contributed by atoms with Crippen molar-refractivity contribution in [1.29, 1.82) is 0 Å². The standard InChI is InChI=1S/C22H28N2O3.C3H6O2/c1-2-3-7-12-23-21(25)17-14-26-22(24-17)20-16(18-10-11-19(20)27-18)13-15-8-5-4-6-9-15;1-2-3(4)5/h4-6,8-9,14,16,18-20H,2-3,7,10-13H2,1H3,(H,23,25);2H2,1H3,(H,4,5). The van der Waals surface area contributed by atoms with Crippen molar-refractivity contribution in [3.63, 3.8) is 0 Å². The summed E-state index contributed by atoms with van der Waals surface area (Å²) in [5, 5.41) is 10.7. The molecule has 2 saturated heterocycles. The van der Waals surface area contributed by atoms with Crippen LogP contribution in [0.1, 0.15) is 80.2 Å². The molecule has 3 heterocycles. The minimum Gasteiger partial charge on any atom is -0.481 e. The smallest absolute Gasteiger partial charge is 0.303 e. The third kappa shape index (κ3) is 6.19. The van der Waals surface area contributed by atoms with Crippen LogP contribution in [0.2, 0.25) is 0 Å².